The number of rotatable bonds is 6. The van der Waals surface area contributed by atoms with Gasteiger partial charge in [-0.15, -0.1) is 10.2 Å². The second-order valence-corrected chi connectivity index (χ2v) is 9.63. The van der Waals surface area contributed by atoms with Gasteiger partial charge in [-0.2, -0.15) is 0 Å². The van der Waals surface area contributed by atoms with Crippen molar-refractivity contribution in [3.05, 3.63) is 94.3 Å². The minimum absolute atomic E-state index is 0.140. The second-order valence-electron chi connectivity index (χ2n) is 8.69. The lowest BCUT2D eigenvalue weighted by Crippen LogP contribution is -2.23. The van der Waals surface area contributed by atoms with Gasteiger partial charge in [0.25, 0.3) is 5.56 Å². The van der Waals surface area contributed by atoms with E-state index >= 15 is 0 Å². The van der Waals surface area contributed by atoms with Crippen molar-refractivity contribution in [1.82, 2.24) is 19.2 Å². The van der Waals surface area contributed by atoms with Gasteiger partial charge in [-0.25, -0.2) is 4.57 Å². The largest absolute Gasteiger partial charge is 0.325 e. The summed E-state index contributed by atoms with van der Waals surface area (Å²) < 4.78 is 3.48. The average molecular weight is 484 g/mol. The Bertz CT molecular complexity index is 1600. The summed E-state index contributed by atoms with van der Waals surface area (Å²) in [4.78, 5) is 26.2. The zero-order chi connectivity index (χ0) is 24.5. The number of thioether (sulfide) groups is 1. The van der Waals surface area contributed by atoms with Crippen LogP contribution in [0.1, 0.15) is 30.9 Å². The van der Waals surface area contributed by atoms with Gasteiger partial charge in [-0.3, -0.25) is 14.0 Å². The predicted octanol–water partition coefficient (Wildman–Crippen LogP) is 5.20. The first-order chi connectivity index (χ1) is 16.9. The Balaban J connectivity index is 1.58. The number of hydrogen-bond donors (Lipinski definition) is 1. The van der Waals surface area contributed by atoms with Crippen molar-refractivity contribution >= 4 is 40.0 Å². The first kappa shape index (κ1) is 22.9. The van der Waals surface area contributed by atoms with Gasteiger partial charge >= 0.3 is 0 Å². The van der Waals surface area contributed by atoms with E-state index in [1.807, 2.05) is 84.1 Å². The molecule has 35 heavy (non-hydrogen) atoms. The van der Waals surface area contributed by atoms with Gasteiger partial charge in [0, 0.05) is 5.69 Å². The van der Waals surface area contributed by atoms with Crippen LogP contribution in [0.3, 0.4) is 0 Å². The molecule has 0 fully saturated rings. The summed E-state index contributed by atoms with van der Waals surface area (Å²) in [5, 5.41) is 12.8. The highest BCUT2D eigenvalue weighted by atomic mass is 32.2. The third-order valence-electron chi connectivity index (χ3n) is 5.86. The van der Waals surface area contributed by atoms with Crippen molar-refractivity contribution in [3.63, 3.8) is 0 Å². The molecule has 0 aliphatic carbocycles. The summed E-state index contributed by atoms with van der Waals surface area (Å²) in [5.74, 6) is 0.651. The highest BCUT2D eigenvalue weighted by molar-refractivity contribution is 7.99. The van der Waals surface area contributed by atoms with Crippen LogP contribution in [0.2, 0.25) is 0 Å². The molecule has 3 aromatic carbocycles. The monoisotopic (exact) mass is 483 g/mol. The molecule has 176 valence electrons. The Morgan fingerprint density at radius 2 is 1.69 bits per heavy atom. The minimum atomic E-state index is -0.151. The molecule has 0 unspecified atom stereocenters. The fourth-order valence-corrected chi connectivity index (χ4v) is 4.87. The van der Waals surface area contributed by atoms with Gasteiger partial charge in [0.15, 0.2) is 5.16 Å². The number of benzene rings is 3. The van der Waals surface area contributed by atoms with Crippen molar-refractivity contribution in [1.29, 1.82) is 0 Å². The van der Waals surface area contributed by atoms with Crippen LogP contribution < -0.4 is 10.9 Å². The van der Waals surface area contributed by atoms with E-state index in [0.29, 0.717) is 21.8 Å². The molecule has 1 amide bonds. The molecule has 5 aromatic rings. The molecule has 2 heterocycles. The van der Waals surface area contributed by atoms with Gasteiger partial charge in [0.2, 0.25) is 11.7 Å². The van der Waals surface area contributed by atoms with Crippen molar-refractivity contribution in [2.45, 2.75) is 31.8 Å². The second kappa shape index (κ2) is 9.38. The topological polar surface area (TPSA) is 81.3 Å². The molecule has 7 nitrogen and oxygen atoms in total. The maximum Gasteiger partial charge on any atom is 0.267 e. The van der Waals surface area contributed by atoms with Crippen LogP contribution in [-0.2, 0) is 4.79 Å². The predicted molar refractivity (Wildman–Crippen MR) is 141 cm³/mol. The van der Waals surface area contributed by atoms with E-state index in [-0.39, 0.29) is 23.1 Å². The summed E-state index contributed by atoms with van der Waals surface area (Å²) in [6.07, 6.45) is 0. The smallest absolute Gasteiger partial charge is 0.267 e. The molecule has 0 saturated heterocycles. The quantitative estimate of drug-likeness (QED) is 0.336. The van der Waals surface area contributed by atoms with Crippen LogP contribution in [0, 0.1) is 6.92 Å². The first-order valence-electron chi connectivity index (χ1n) is 11.4. The normalized spacial score (nSPS) is 11.4. The molecule has 0 radical (unpaired) electrons. The lowest BCUT2D eigenvalue weighted by atomic mass is 10.0. The molecule has 0 bridgehead atoms. The fraction of sp³-hybridized carbons (Fsp3) is 0.185. The summed E-state index contributed by atoms with van der Waals surface area (Å²) in [7, 11) is 0. The number of nitrogens with zero attached hydrogens (tertiary/aromatic N) is 4. The minimum Gasteiger partial charge on any atom is -0.325 e. The number of fused-ring (bicyclic) bond motifs is 3. The molecule has 0 spiro atoms. The average Bonchev–Trinajstić information content (AvgIpc) is 3.28. The highest BCUT2D eigenvalue weighted by Crippen LogP contribution is 2.27. The molecule has 2 aromatic heterocycles. The molecular weight excluding hydrogens is 458 g/mol. The zero-order valence-corrected chi connectivity index (χ0v) is 20.5. The van der Waals surface area contributed by atoms with Gasteiger partial charge < -0.3 is 5.32 Å². The van der Waals surface area contributed by atoms with Crippen LogP contribution in [0.4, 0.5) is 5.69 Å². The van der Waals surface area contributed by atoms with Crippen LogP contribution >= 0.6 is 11.8 Å². The van der Waals surface area contributed by atoms with Crippen LogP contribution in [0.15, 0.2) is 82.7 Å². The Morgan fingerprint density at radius 3 is 2.46 bits per heavy atom. The number of aryl methyl sites for hydroxylation is 1. The number of nitrogens with one attached hydrogen (secondary N) is 1. The van der Waals surface area contributed by atoms with Crippen LogP contribution in [0.25, 0.3) is 22.4 Å². The van der Waals surface area contributed by atoms with Crippen molar-refractivity contribution in [3.8, 4) is 5.69 Å². The van der Waals surface area contributed by atoms with E-state index in [2.05, 4.69) is 29.4 Å². The van der Waals surface area contributed by atoms with E-state index in [1.54, 1.807) is 4.57 Å². The number of aromatic nitrogens is 4. The van der Waals surface area contributed by atoms with Crippen molar-refractivity contribution in [2.24, 2.45) is 0 Å². The van der Waals surface area contributed by atoms with Gasteiger partial charge in [-0.1, -0.05) is 73.6 Å². The van der Waals surface area contributed by atoms with E-state index in [1.165, 1.54) is 11.8 Å². The first-order valence-corrected chi connectivity index (χ1v) is 12.4. The molecule has 0 aliphatic heterocycles. The molecular formula is C27H25N5O2S. The maximum atomic E-state index is 13.6. The Hall–Kier alpha value is -3.91. The highest BCUT2D eigenvalue weighted by Gasteiger charge is 2.20. The number of amides is 1. The molecule has 1 N–H and O–H groups in total. The maximum absolute atomic E-state index is 13.6. The molecule has 0 saturated carbocycles. The summed E-state index contributed by atoms with van der Waals surface area (Å²) in [6.45, 7) is 6.20. The fourth-order valence-electron chi connectivity index (χ4n) is 4.13. The molecule has 8 heteroatoms. The van der Waals surface area contributed by atoms with Crippen LogP contribution in [-0.4, -0.2) is 30.8 Å². The third-order valence-corrected chi connectivity index (χ3v) is 6.79. The molecule has 0 atom stereocenters. The summed E-state index contributed by atoms with van der Waals surface area (Å²) in [6, 6.07) is 22.9. The Morgan fingerprint density at radius 1 is 0.971 bits per heavy atom. The Kier molecular flexibility index (Phi) is 6.13. The molecule has 5 rings (SSSR count). The number of hydrogen-bond acceptors (Lipinski definition) is 5. The number of anilines is 1. The van der Waals surface area contributed by atoms with Gasteiger partial charge in [-0.05, 0) is 48.7 Å². The van der Waals surface area contributed by atoms with Crippen molar-refractivity contribution in [2.75, 3.05) is 11.1 Å². The molecule has 0 aliphatic rings. The van der Waals surface area contributed by atoms with E-state index in [4.69, 9.17) is 0 Å². The lowest BCUT2D eigenvalue weighted by molar-refractivity contribution is -0.113. The number of carbonyl (C=O) groups excluding carboxylic acids is 1. The standard InChI is InChI=1S/C27H25N5O2S/c1-17(2)20-8-4-6-10-22(20)31-25(34)21-9-5-7-11-23(21)32-26(31)29-30-27(32)35-16-24(33)28-19-14-12-18(3)13-15-19/h4-15,17H,16H2,1-3H3,(H,28,33). The number of para-hydroxylation sites is 2. The summed E-state index contributed by atoms with van der Waals surface area (Å²) >= 11 is 1.28. The zero-order valence-electron chi connectivity index (χ0n) is 19.7. The van der Waals surface area contributed by atoms with Gasteiger partial charge in [0.1, 0.15) is 0 Å². The van der Waals surface area contributed by atoms with Crippen molar-refractivity contribution < 1.29 is 4.79 Å². The van der Waals surface area contributed by atoms with Gasteiger partial charge in [0.05, 0.1) is 22.3 Å². The lowest BCUT2D eigenvalue weighted by Gasteiger charge is -2.16. The van der Waals surface area contributed by atoms with Crippen LogP contribution in [0.5, 0.6) is 0 Å². The third kappa shape index (κ3) is 4.33. The number of carbonyl (C=O) groups is 1. The van der Waals surface area contributed by atoms with E-state index in [0.717, 1.165) is 22.5 Å². The van der Waals surface area contributed by atoms with E-state index < -0.39 is 0 Å². The Labute approximate surface area is 206 Å². The van der Waals surface area contributed by atoms with E-state index in [9.17, 15) is 9.59 Å². The summed E-state index contributed by atoms with van der Waals surface area (Å²) in [5.41, 5.74) is 4.26. The SMILES string of the molecule is Cc1ccc(NC(=O)CSc2nnc3n(-c4ccccc4C(C)C)c(=O)c4ccccc4n23)cc1.